The highest BCUT2D eigenvalue weighted by atomic mass is 32.3. The van der Waals surface area contributed by atoms with Gasteiger partial charge in [0.1, 0.15) is 16.4 Å². The average molecular weight is 394 g/mol. The van der Waals surface area contributed by atoms with Crippen LogP contribution in [-0.2, 0) is 10.1 Å². The maximum atomic E-state index is 14.0. The predicted molar refractivity (Wildman–Crippen MR) is 116 cm³/mol. The van der Waals surface area contributed by atoms with Gasteiger partial charge in [0, 0.05) is 5.92 Å². The minimum Gasteiger partial charge on any atom is -0.626 e. The van der Waals surface area contributed by atoms with Gasteiger partial charge in [0.25, 0.3) is 0 Å². The molecule has 2 aromatic rings. The highest BCUT2D eigenvalue weighted by molar-refractivity contribution is 8.00. The molecule has 0 radical (unpaired) electrons. The first-order valence-electron chi connectivity index (χ1n) is 9.73. The number of methoxy groups -OCH3 is 1. The number of ether oxygens (including phenoxy) is 1. The van der Waals surface area contributed by atoms with Crippen molar-refractivity contribution in [2.75, 3.05) is 12.9 Å². The van der Waals surface area contributed by atoms with Gasteiger partial charge in [-0.05, 0) is 71.5 Å². The first-order valence-corrected chi connectivity index (χ1v) is 11.4. The van der Waals surface area contributed by atoms with E-state index in [0.29, 0.717) is 17.6 Å². The first-order chi connectivity index (χ1) is 13.4. The Morgan fingerprint density at radius 2 is 2.04 bits per heavy atom. The van der Waals surface area contributed by atoms with Gasteiger partial charge in [-0.25, -0.2) is 0 Å². The largest absolute Gasteiger partial charge is 0.626 e. The molecular formula is C24H27NO2S. The third kappa shape index (κ3) is 3.59. The van der Waals surface area contributed by atoms with Gasteiger partial charge in [-0.3, -0.25) is 0 Å². The Morgan fingerprint density at radius 1 is 1.29 bits per heavy atom. The highest BCUT2D eigenvalue weighted by Gasteiger charge is 2.47. The van der Waals surface area contributed by atoms with Crippen LogP contribution < -0.4 is 4.74 Å². The van der Waals surface area contributed by atoms with E-state index >= 15 is 0 Å². The molecule has 0 saturated heterocycles. The first kappa shape index (κ1) is 19.2. The van der Waals surface area contributed by atoms with E-state index < -0.39 is 10.1 Å². The Kier molecular flexibility index (Phi) is 5.02. The molecule has 4 atom stereocenters. The highest BCUT2D eigenvalue weighted by Crippen LogP contribution is 2.56. The summed E-state index contributed by atoms with van der Waals surface area (Å²) in [6.07, 6.45) is 5.48. The SMILES string of the molecule is C=C(C)/C=C/[C@H]1C[C@@H]1[C@H]1C[S+]([O-])(c2ccccc2)=Nc2c(OC)cc(C)cc21. The van der Waals surface area contributed by atoms with Crippen LogP contribution in [0.15, 0.2) is 76.0 Å². The molecule has 0 N–H and O–H groups in total. The summed E-state index contributed by atoms with van der Waals surface area (Å²) in [5.41, 5.74) is 4.17. The van der Waals surface area contributed by atoms with Crippen molar-refractivity contribution in [3.8, 4) is 5.75 Å². The lowest BCUT2D eigenvalue weighted by molar-refractivity contribution is 0.414. The minimum absolute atomic E-state index is 0.216. The molecule has 1 saturated carbocycles. The molecule has 28 heavy (non-hydrogen) atoms. The van der Waals surface area contributed by atoms with E-state index in [1.54, 1.807) is 7.11 Å². The number of nitrogens with zero attached hydrogens (tertiary/aromatic N) is 1. The molecule has 0 spiro atoms. The summed E-state index contributed by atoms with van der Waals surface area (Å²) in [6, 6.07) is 13.9. The number of aryl methyl sites for hydroxylation is 1. The molecule has 0 bridgehead atoms. The van der Waals surface area contributed by atoms with E-state index in [4.69, 9.17) is 9.10 Å². The van der Waals surface area contributed by atoms with E-state index in [2.05, 4.69) is 31.7 Å². The number of benzene rings is 2. The van der Waals surface area contributed by atoms with Gasteiger partial charge in [0.05, 0.1) is 7.11 Å². The van der Waals surface area contributed by atoms with Crippen molar-refractivity contribution in [1.82, 2.24) is 0 Å². The summed E-state index contributed by atoms with van der Waals surface area (Å²) >= 11 is 0. The molecule has 146 valence electrons. The van der Waals surface area contributed by atoms with Crippen molar-refractivity contribution >= 4 is 15.8 Å². The van der Waals surface area contributed by atoms with Crippen molar-refractivity contribution in [3.05, 3.63) is 77.9 Å². The van der Waals surface area contributed by atoms with Crippen LogP contribution in [0, 0.1) is 18.8 Å². The van der Waals surface area contributed by atoms with E-state index in [0.717, 1.165) is 33.9 Å². The Morgan fingerprint density at radius 3 is 2.71 bits per heavy atom. The van der Waals surface area contributed by atoms with Crippen molar-refractivity contribution < 1.29 is 9.29 Å². The molecule has 0 amide bonds. The van der Waals surface area contributed by atoms with Crippen molar-refractivity contribution in [3.63, 3.8) is 0 Å². The zero-order chi connectivity index (χ0) is 19.9. The smallest absolute Gasteiger partial charge is 0.155 e. The molecule has 1 fully saturated rings. The van der Waals surface area contributed by atoms with Crippen LogP contribution in [0.5, 0.6) is 5.75 Å². The lowest BCUT2D eigenvalue weighted by Crippen LogP contribution is -2.26. The zero-order valence-electron chi connectivity index (χ0n) is 16.7. The Hall–Kier alpha value is -2.17. The van der Waals surface area contributed by atoms with Crippen molar-refractivity contribution in [2.24, 2.45) is 16.2 Å². The van der Waals surface area contributed by atoms with Crippen LogP contribution in [0.4, 0.5) is 5.69 Å². The molecule has 1 unspecified atom stereocenters. The summed E-state index contributed by atoms with van der Waals surface area (Å²) in [6.45, 7) is 8.05. The maximum absolute atomic E-state index is 14.0. The van der Waals surface area contributed by atoms with E-state index in [-0.39, 0.29) is 5.92 Å². The molecule has 2 aromatic carbocycles. The van der Waals surface area contributed by atoms with Gasteiger partial charge < -0.3 is 9.29 Å². The van der Waals surface area contributed by atoms with Gasteiger partial charge in [-0.2, -0.15) is 0 Å². The fourth-order valence-electron chi connectivity index (χ4n) is 4.17. The average Bonchev–Trinajstić information content (AvgIpc) is 3.46. The minimum atomic E-state index is -2.53. The molecule has 4 heteroatoms. The van der Waals surface area contributed by atoms with Gasteiger partial charge in [-0.15, -0.1) is 0 Å². The second-order valence-electron chi connectivity index (χ2n) is 7.99. The molecule has 1 heterocycles. The Labute approximate surface area is 169 Å². The van der Waals surface area contributed by atoms with Crippen molar-refractivity contribution in [2.45, 2.75) is 31.1 Å². The molecule has 2 aliphatic rings. The van der Waals surface area contributed by atoms with Crippen LogP contribution in [0.25, 0.3) is 0 Å². The third-order valence-electron chi connectivity index (χ3n) is 5.66. The molecule has 3 nitrogen and oxygen atoms in total. The van der Waals surface area contributed by atoms with Gasteiger partial charge in [-0.1, -0.05) is 52.9 Å². The molecular weight excluding hydrogens is 366 g/mol. The fourth-order valence-corrected chi connectivity index (χ4v) is 6.53. The molecule has 0 aromatic heterocycles. The summed E-state index contributed by atoms with van der Waals surface area (Å²) in [5.74, 6) is 2.50. The Balaban J connectivity index is 1.81. The number of allylic oxidation sites excluding steroid dienone is 3. The van der Waals surface area contributed by atoms with E-state index in [1.165, 1.54) is 5.56 Å². The Bertz CT molecular complexity index is 993. The van der Waals surface area contributed by atoms with Crippen LogP contribution in [0.1, 0.15) is 30.4 Å². The van der Waals surface area contributed by atoms with Gasteiger partial charge >= 0.3 is 0 Å². The summed E-state index contributed by atoms with van der Waals surface area (Å²) < 4.78 is 24.4. The lowest BCUT2D eigenvalue weighted by atomic mass is 9.91. The quantitative estimate of drug-likeness (QED) is 0.460. The fraction of sp³-hybridized carbons (Fsp3) is 0.333. The summed E-state index contributed by atoms with van der Waals surface area (Å²) in [7, 11) is -0.873. The number of hydrogen-bond donors (Lipinski definition) is 0. The zero-order valence-corrected chi connectivity index (χ0v) is 17.5. The molecule has 1 aliphatic carbocycles. The van der Waals surface area contributed by atoms with Crippen LogP contribution in [0.3, 0.4) is 0 Å². The summed E-state index contributed by atoms with van der Waals surface area (Å²) in [4.78, 5) is 0.808. The van der Waals surface area contributed by atoms with Crippen molar-refractivity contribution in [1.29, 1.82) is 0 Å². The topological polar surface area (TPSA) is 44.7 Å². The standard InChI is InChI=1S/C24H27NO2S/c1-16(2)10-11-18-14-20(18)22-15-28(26,19-8-6-5-7-9-19)25-24-21(22)12-17(3)13-23(24)27-4/h5-13,18,20,22H,1,14-15H2,2-4H3/b11-10+/t18-,20-,22+,28?/m0/s1. The number of hydrogen-bond acceptors (Lipinski definition) is 3. The normalized spacial score (nSPS) is 28.5. The number of fused-ring (bicyclic) bond motifs is 1. The second kappa shape index (κ2) is 7.34. The third-order valence-corrected chi connectivity index (χ3v) is 7.96. The van der Waals surface area contributed by atoms with Gasteiger partial charge in [0.15, 0.2) is 5.69 Å². The van der Waals surface area contributed by atoms with Crippen LogP contribution in [-0.4, -0.2) is 17.4 Å². The molecule has 4 rings (SSSR count). The number of rotatable bonds is 5. The summed E-state index contributed by atoms with van der Waals surface area (Å²) in [5, 5.41) is 0. The monoisotopic (exact) mass is 393 g/mol. The van der Waals surface area contributed by atoms with Crippen LogP contribution in [0.2, 0.25) is 0 Å². The maximum Gasteiger partial charge on any atom is 0.155 e. The van der Waals surface area contributed by atoms with Gasteiger partial charge in [0.2, 0.25) is 0 Å². The second-order valence-corrected chi connectivity index (χ2v) is 10.3. The molecule has 1 aliphatic heterocycles. The predicted octanol–water partition coefficient (Wildman–Crippen LogP) is 6.03. The lowest BCUT2D eigenvalue weighted by Gasteiger charge is -2.33. The van der Waals surface area contributed by atoms with Crippen LogP contribution >= 0.6 is 0 Å². The van der Waals surface area contributed by atoms with E-state index in [1.807, 2.05) is 43.3 Å². The van der Waals surface area contributed by atoms with E-state index in [9.17, 15) is 4.55 Å².